The van der Waals surface area contributed by atoms with Gasteiger partial charge in [0.05, 0.1) is 12.1 Å². The second kappa shape index (κ2) is 8.84. The molecule has 1 heterocycles. The van der Waals surface area contributed by atoms with Crippen LogP contribution in [0.5, 0.6) is 0 Å². The maximum absolute atomic E-state index is 13.0. The summed E-state index contributed by atoms with van der Waals surface area (Å²) in [7, 11) is 0. The molecular weight excluding hydrogens is 355 g/mol. The number of aryl methyl sites for hydroxylation is 1. The number of nitrogens with zero attached hydrogens (tertiary/aromatic N) is 2. The Bertz CT molecular complexity index is 782. The monoisotopic (exact) mass is 384 g/mol. The maximum Gasteiger partial charge on any atom is 0.237 e. The molecule has 0 radical (unpaired) electrons. The molecule has 0 aromatic heterocycles. The van der Waals surface area contributed by atoms with Crippen molar-refractivity contribution >= 4 is 5.91 Å². The molecule has 0 atom stereocenters. The van der Waals surface area contributed by atoms with Crippen molar-refractivity contribution in [3.8, 4) is 0 Å². The van der Waals surface area contributed by atoms with Crippen LogP contribution in [-0.4, -0.2) is 46.0 Å². The number of carbonyl (C=O) groups is 1. The van der Waals surface area contributed by atoms with Crippen molar-refractivity contribution in [1.82, 2.24) is 9.80 Å². The second-order valence-electron chi connectivity index (χ2n) is 8.28. The number of rotatable bonds is 7. The summed E-state index contributed by atoms with van der Waals surface area (Å²) < 4.78 is 13.0. The van der Waals surface area contributed by atoms with Crippen LogP contribution < -0.4 is 0 Å². The van der Waals surface area contributed by atoms with Crippen LogP contribution in [0.2, 0.25) is 0 Å². The summed E-state index contributed by atoms with van der Waals surface area (Å²) in [5.74, 6) is -0.150. The van der Waals surface area contributed by atoms with Crippen LogP contribution in [0.15, 0.2) is 48.5 Å². The van der Waals surface area contributed by atoms with Crippen molar-refractivity contribution < 1.29 is 14.3 Å². The van der Waals surface area contributed by atoms with E-state index in [-0.39, 0.29) is 11.7 Å². The number of hydrogen-bond acceptors (Lipinski definition) is 3. The molecule has 5 heteroatoms. The maximum atomic E-state index is 13.0. The van der Waals surface area contributed by atoms with E-state index in [4.69, 9.17) is 0 Å². The molecule has 1 aliphatic heterocycles. The lowest BCUT2D eigenvalue weighted by Crippen LogP contribution is -2.49. The van der Waals surface area contributed by atoms with Gasteiger partial charge in [-0.15, -0.1) is 0 Å². The lowest BCUT2D eigenvalue weighted by Gasteiger charge is -2.34. The van der Waals surface area contributed by atoms with Gasteiger partial charge in [-0.3, -0.25) is 9.69 Å². The summed E-state index contributed by atoms with van der Waals surface area (Å²) in [5, 5.41) is 9.84. The Kier molecular flexibility index (Phi) is 6.47. The molecule has 3 rings (SSSR count). The molecule has 2 aromatic rings. The number of aliphatic hydroxyl groups is 1. The van der Waals surface area contributed by atoms with Gasteiger partial charge in [-0.05, 0) is 55.5 Å². The fourth-order valence-corrected chi connectivity index (χ4v) is 3.39. The molecule has 28 heavy (non-hydrogen) atoms. The fourth-order valence-electron chi connectivity index (χ4n) is 3.39. The fraction of sp³-hybridized carbons (Fsp3) is 0.435. The lowest BCUT2D eigenvalue weighted by molar-refractivity contribution is -0.136. The summed E-state index contributed by atoms with van der Waals surface area (Å²) in [4.78, 5) is 16.5. The third-order valence-corrected chi connectivity index (χ3v) is 5.14. The van der Waals surface area contributed by atoms with Crippen molar-refractivity contribution in [2.24, 2.45) is 0 Å². The number of halogens is 1. The molecule has 0 spiro atoms. The summed E-state index contributed by atoms with van der Waals surface area (Å²) >= 11 is 0. The molecule has 4 nitrogen and oxygen atoms in total. The van der Waals surface area contributed by atoms with Crippen LogP contribution in [0.1, 0.15) is 37.0 Å². The molecule has 0 bridgehead atoms. The predicted molar refractivity (Wildman–Crippen MR) is 108 cm³/mol. The minimum absolute atomic E-state index is 0.109. The van der Waals surface area contributed by atoms with E-state index >= 15 is 0 Å². The first-order valence-corrected chi connectivity index (χ1v) is 9.83. The normalized spacial score (nSPS) is 15.9. The van der Waals surface area contributed by atoms with E-state index in [2.05, 4.69) is 29.2 Å². The molecule has 1 aliphatic rings. The van der Waals surface area contributed by atoms with Crippen molar-refractivity contribution in [2.75, 3.05) is 19.6 Å². The largest absolute Gasteiger partial charge is 0.390 e. The quantitative estimate of drug-likeness (QED) is 0.796. The zero-order valence-corrected chi connectivity index (χ0v) is 16.7. The van der Waals surface area contributed by atoms with Gasteiger partial charge in [0, 0.05) is 26.2 Å². The van der Waals surface area contributed by atoms with Crippen LogP contribution >= 0.6 is 0 Å². The van der Waals surface area contributed by atoms with Gasteiger partial charge < -0.3 is 10.0 Å². The van der Waals surface area contributed by atoms with E-state index in [0.717, 1.165) is 31.5 Å². The van der Waals surface area contributed by atoms with Gasteiger partial charge in [-0.2, -0.15) is 0 Å². The standard InChI is InChI=1S/C23H29FN2O2/c1-23(2,28)12-11-18-3-5-19(6-4-18)15-25-13-14-26(22(27)17-25)16-20-7-9-21(24)10-8-20/h3-10,28H,11-17H2,1-2H3. The first-order valence-electron chi connectivity index (χ1n) is 9.83. The van der Waals surface area contributed by atoms with E-state index in [1.54, 1.807) is 12.1 Å². The topological polar surface area (TPSA) is 43.8 Å². The minimum Gasteiger partial charge on any atom is -0.390 e. The van der Waals surface area contributed by atoms with Gasteiger partial charge in [0.15, 0.2) is 0 Å². The van der Waals surface area contributed by atoms with Crippen molar-refractivity contribution in [3.05, 3.63) is 71.0 Å². The molecule has 150 valence electrons. The Labute approximate surface area is 166 Å². The number of amides is 1. The van der Waals surface area contributed by atoms with Gasteiger partial charge in [-0.25, -0.2) is 4.39 Å². The Morgan fingerprint density at radius 2 is 1.50 bits per heavy atom. The van der Waals surface area contributed by atoms with Gasteiger partial charge in [-0.1, -0.05) is 36.4 Å². The number of hydrogen-bond donors (Lipinski definition) is 1. The molecule has 1 N–H and O–H groups in total. The Morgan fingerprint density at radius 3 is 2.11 bits per heavy atom. The van der Waals surface area contributed by atoms with Crippen LogP contribution in [0, 0.1) is 5.82 Å². The number of piperazine rings is 1. The highest BCUT2D eigenvalue weighted by Gasteiger charge is 2.24. The van der Waals surface area contributed by atoms with Crippen molar-refractivity contribution in [3.63, 3.8) is 0 Å². The van der Waals surface area contributed by atoms with E-state index in [9.17, 15) is 14.3 Å². The zero-order chi connectivity index (χ0) is 20.1. The highest BCUT2D eigenvalue weighted by Crippen LogP contribution is 2.16. The smallest absolute Gasteiger partial charge is 0.237 e. The lowest BCUT2D eigenvalue weighted by atomic mass is 9.98. The average molecular weight is 384 g/mol. The predicted octanol–water partition coefficient (Wildman–Crippen LogP) is 3.37. The molecule has 1 amide bonds. The summed E-state index contributed by atoms with van der Waals surface area (Å²) in [6.07, 6.45) is 1.58. The second-order valence-corrected chi connectivity index (χ2v) is 8.28. The Morgan fingerprint density at radius 1 is 0.929 bits per heavy atom. The molecule has 0 aliphatic carbocycles. The number of carbonyl (C=O) groups excluding carboxylic acids is 1. The van der Waals surface area contributed by atoms with E-state index < -0.39 is 5.60 Å². The molecule has 0 saturated carbocycles. The van der Waals surface area contributed by atoms with Crippen molar-refractivity contribution in [2.45, 2.75) is 45.4 Å². The first kappa shape index (κ1) is 20.5. The Balaban J connectivity index is 1.49. The summed E-state index contributed by atoms with van der Waals surface area (Å²) in [6, 6.07) is 14.7. The van der Waals surface area contributed by atoms with Gasteiger partial charge in [0.2, 0.25) is 5.91 Å². The minimum atomic E-state index is -0.646. The highest BCUT2D eigenvalue weighted by atomic mass is 19.1. The summed E-state index contributed by atoms with van der Waals surface area (Å²) in [6.45, 7) is 6.85. The SMILES string of the molecule is CC(C)(O)CCc1ccc(CN2CCN(Cc3ccc(F)cc3)C(=O)C2)cc1. The van der Waals surface area contributed by atoms with Gasteiger partial charge in [0.1, 0.15) is 5.82 Å². The summed E-state index contributed by atoms with van der Waals surface area (Å²) in [5.41, 5.74) is 2.70. The molecule has 2 aromatic carbocycles. The molecule has 1 fully saturated rings. The van der Waals surface area contributed by atoms with Crippen LogP contribution in [0.4, 0.5) is 4.39 Å². The van der Waals surface area contributed by atoms with Crippen LogP contribution in [0.3, 0.4) is 0 Å². The van der Waals surface area contributed by atoms with E-state index in [1.807, 2.05) is 18.7 Å². The molecule has 0 unspecified atom stereocenters. The zero-order valence-electron chi connectivity index (χ0n) is 16.7. The van der Waals surface area contributed by atoms with Crippen LogP contribution in [-0.2, 0) is 24.3 Å². The van der Waals surface area contributed by atoms with Gasteiger partial charge >= 0.3 is 0 Å². The van der Waals surface area contributed by atoms with E-state index in [1.165, 1.54) is 23.3 Å². The van der Waals surface area contributed by atoms with Gasteiger partial charge in [0.25, 0.3) is 0 Å². The Hall–Kier alpha value is -2.24. The highest BCUT2D eigenvalue weighted by molar-refractivity contribution is 5.79. The third kappa shape index (κ3) is 6.14. The van der Waals surface area contributed by atoms with E-state index in [0.29, 0.717) is 19.6 Å². The van der Waals surface area contributed by atoms with Crippen LogP contribution in [0.25, 0.3) is 0 Å². The van der Waals surface area contributed by atoms with Crippen molar-refractivity contribution in [1.29, 1.82) is 0 Å². The molecule has 1 saturated heterocycles. The third-order valence-electron chi connectivity index (χ3n) is 5.14. The first-order chi connectivity index (χ1) is 13.3. The molecular formula is C23H29FN2O2. The number of benzene rings is 2. The average Bonchev–Trinajstić information content (AvgIpc) is 2.64.